The highest BCUT2D eigenvalue weighted by Gasteiger charge is 2.14. The van der Waals surface area contributed by atoms with Gasteiger partial charge in [-0.05, 0) is 31.3 Å². The number of hydrogen-bond acceptors (Lipinski definition) is 1. The van der Waals surface area contributed by atoms with Crippen LogP contribution in [0.25, 0.3) is 0 Å². The third-order valence-electron chi connectivity index (χ3n) is 2.74. The van der Waals surface area contributed by atoms with Gasteiger partial charge >= 0.3 is 0 Å². The number of allylic oxidation sites excluding steroid dienone is 2. The Labute approximate surface area is 82.1 Å². The molecule has 1 nitrogen and oxygen atoms in total. The number of likely N-dealkylation sites (tertiary alicyclic amines) is 1. The topological polar surface area (TPSA) is 3.24 Å². The van der Waals surface area contributed by atoms with Gasteiger partial charge in [0.05, 0.1) is 0 Å². The second kappa shape index (κ2) is 5.11. The molecule has 0 aromatic rings. The van der Waals surface area contributed by atoms with E-state index in [1.807, 2.05) is 0 Å². The second-order valence-electron chi connectivity index (χ2n) is 3.97. The lowest BCUT2D eigenvalue weighted by Gasteiger charge is -2.32. The fourth-order valence-electron chi connectivity index (χ4n) is 1.66. The van der Waals surface area contributed by atoms with Crippen molar-refractivity contribution in [3.05, 3.63) is 24.4 Å². The molecule has 0 unspecified atom stereocenters. The summed E-state index contributed by atoms with van der Waals surface area (Å²) in [5.74, 6) is 0.902. The van der Waals surface area contributed by atoms with Gasteiger partial charge in [-0.25, -0.2) is 0 Å². The molecule has 1 rings (SSSR count). The molecule has 0 aliphatic carbocycles. The smallest absolute Gasteiger partial charge is 0.0289 e. The highest BCUT2D eigenvalue weighted by atomic mass is 15.1. The van der Waals surface area contributed by atoms with E-state index in [2.05, 4.69) is 37.5 Å². The molecule has 74 valence electrons. The van der Waals surface area contributed by atoms with Gasteiger partial charge in [-0.3, -0.25) is 0 Å². The van der Waals surface area contributed by atoms with Crippen LogP contribution in [0.2, 0.25) is 0 Å². The zero-order valence-electron chi connectivity index (χ0n) is 8.92. The summed E-state index contributed by atoms with van der Waals surface area (Å²) in [6.07, 6.45) is 8.07. The molecule has 13 heavy (non-hydrogen) atoms. The third-order valence-corrected chi connectivity index (χ3v) is 2.74. The number of hydrogen-bond donors (Lipinski definition) is 0. The number of piperidine rings is 1. The van der Waals surface area contributed by atoms with Gasteiger partial charge in [0.15, 0.2) is 0 Å². The molecule has 0 saturated carbocycles. The quantitative estimate of drug-likeness (QED) is 0.601. The zero-order valence-corrected chi connectivity index (χ0v) is 8.92. The van der Waals surface area contributed by atoms with Crippen molar-refractivity contribution < 1.29 is 0 Å². The summed E-state index contributed by atoms with van der Waals surface area (Å²) in [6, 6.07) is 0. The highest BCUT2D eigenvalue weighted by Crippen LogP contribution is 2.19. The first-order chi connectivity index (χ1) is 6.24. The molecule has 0 aromatic heterocycles. The van der Waals surface area contributed by atoms with Crippen LogP contribution in [0, 0.1) is 5.92 Å². The van der Waals surface area contributed by atoms with Gasteiger partial charge < -0.3 is 4.90 Å². The molecule has 1 heteroatoms. The van der Waals surface area contributed by atoms with E-state index >= 15 is 0 Å². The van der Waals surface area contributed by atoms with E-state index in [0.29, 0.717) is 0 Å². The second-order valence-corrected chi connectivity index (χ2v) is 3.97. The Hall–Kier alpha value is -0.720. The lowest BCUT2D eigenvalue weighted by atomic mass is 9.99. The maximum Gasteiger partial charge on any atom is 0.0289 e. The van der Waals surface area contributed by atoms with E-state index in [1.165, 1.54) is 31.6 Å². The Morgan fingerprint density at radius 3 is 2.62 bits per heavy atom. The Morgan fingerprint density at radius 1 is 1.46 bits per heavy atom. The van der Waals surface area contributed by atoms with Crippen LogP contribution >= 0.6 is 0 Å². The molecule has 1 fully saturated rings. The molecule has 1 aliphatic rings. The minimum absolute atomic E-state index is 0.902. The average molecular weight is 179 g/mol. The Kier molecular flexibility index (Phi) is 4.07. The SMILES string of the molecule is C=C(/C=C/CC)N1CCC(C)CC1. The fraction of sp³-hybridized carbons (Fsp3) is 0.667. The van der Waals surface area contributed by atoms with Crippen LogP contribution in [-0.4, -0.2) is 18.0 Å². The summed E-state index contributed by atoms with van der Waals surface area (Å²) in [6.45, 7) is 10.9. The van der Waals surface area contributed by atoms with E-state index in [4.69, 9.17) is 0 Å². The summed E-state index contributed by atoms with van der Waals surface area (Å²) < 4.78 is 0. The van der Waals surface area contributed by atoms with Gasteiger partial charge in [-0.2, -0.15) is 0 Å². The van der Waals surface area contributed by atoms with Crippen LogP contribution in [0.1, 0.15) is 33.1 Å². The third kappa shape index (κ3) is 3.25. The molecule has 1 aliphatic heterocycles. The lowest BCUT2D eigenvalue weighted by molar-refractivity contribution is 0.244. The normalized spacial score (nSPS) is 19.7. The Balaban J connectivity index is 2.36. The van der Waals surface area contributed by atoms with E-state index in [9.17, 15) is 0 Å². The van der Waals surface area contributed by atoms with Gasteiger partial charge in [0.2, 0.25) is 0 Å². The first kappa shape index (κ1) is 10.4. The maximum absolute atomic E-state index is 4.08. The standard InChI is InChI=1S/C12H21N/c1-4-5-6-12(3)13-9-7-11(2)8-10-13/h5-6,11H,3-4,7-10H2,1-2H3/b6-5+. The minimum atomic E-state index is 0.902. The molecule has 0 spiro atoms. The number of nitrogens with zero attached hydrogens (tertiary/aromatic N) is 1. The van der Waals surface area contributed by atoms with Crippen molar-refractivity contribution in [2.45, 2.75) is 33.1 Å². The first-order valence-corrected chi connectivity index (χ1v) is 5.34. The van der Waals surface area contributed by atoms with Crippen molar-refractivity contribution in [1.29, 1.82) is 0 Å². The van der Waals surface area contributed by atoms with Crippen molar-refractivity contribution in [1.82, 2.24) is 4.90 Å². The van der Waals surface area contributed by atoms with E-state index in [0.717, 1.165) is 12.3 Å². The van der Waals surface area contributed by atoms with Crippen molar-refractivity contribution in [3.63, 3.8) is 0 Å². The van der Waals surface area contributed by atoms with Crippen LogP contribution in [0.15, 0.2) is 24.4 Å². The molecule has 1 saturated heterocycles. The predicted octanol–water partition coefficient (Wildman–Crippen LogP) is 3.20. The molecule has 0 aromatic carbocycles. The summed E-state index contributed by atoms with van der Waals surface area (Å²) in [4.78, 5) is 2.40. The molecule has 1 heterocycles. The summed E-state index contributed by atoms with van der Waals surface area (Å²) >= 11 is 0. The number of rotatable bonds is 3. The molecular weight excluding hydrogens is 158 g/mol. The average Bonchev–Trinajstić information content (AvgIpc) is 2.15. The zero-order chi connectivity index (χ0) is 9.68. The summed E-state index contributed by atoms with van der Waals surface area (Å²) in [5.41, 5.74) is 1.19. The molecule has 0 atom stereocenters. The predicted molar refractivity (Wildman–Crippen MR) is 58.5 cm³/mol. The molecular formula is C12H21N. The fourth-order valence-corrected chi connectivity index (χ4v) is 1.66. The maximum atomic E-state index is 4.08. The first-order valence-electron chi connectivity index (χ1n) is 5.34. The van der Waals surface area contributed by atoms with Crippen molar-refractivity contribution in [2.75, 3.05) is 13.1 Å². The molecule has 0 N–H and O–H groups in total. The summed E-state index contributed by atoms with van der Waals surface area (Å²) in [5, 5.41) is 0. The van der Waals surface area contributed by atoms with Crippen molar-refractivity contribution in [2.24, 2.45) is 5.92 Å². The Bertz CT molecular complexity index is 185. The van der Waals surface area contributed by atoms with Crippen molar-refractivity contribution >= 4 is 0 Å². The molecule has 0 bridgehead atoms. The molecule has 0 radical (unpaired) electrons. The van der Waals surface area contributed by atoms with Crippen molar-refractivity contribution in [3.8, 4) is 0 Å². The van der Waals surface area contributed by atoms with Crippen LogP contribution < -0.4 is 0 Å². The van der Waals surface area contributed by atoms with Gasteiger partial charge in [0.1, 0.15) is 0 Å². The van der Waals surface area contributed by atoms with E-state index in [1.54, 1.807) is 0 Å². The lowest BCUT2D eigenvalue weighted by Crippen LogP contribution is -2.31. The molecule has 0 amide bonds. The van der Waals surface area contributed by atoms with Crippen LogP contribution in [-0.2, 0) is 0 Å². The van der Waals surface area contributed by atoms with Gasteiger partial charge in [-0.1, -0.05) is 26.5 Å². The van der Waals surface area contributed by atoms with Crippen LogP contribution in [0.3, 0.4) is 0 Å². The minimum Gasteiger partial charge on any atom is -0.372 e. The van der Waals surface area contributed by atoms with Crippen LogP contribution in [0.5, 0.6) is 0 Å². The summed E-state index contributed by atoms with van der Waals surface area (Å²) in [7, 11) is 0. The van der Waals surface area contributed by atoms with Gasteiger partial charge in [0, 0.05) is 18.8 Å². The van der Waals surface area contributed by atoms with E-state index in [-0.39, 0.29) is 0 Å². The largest absolute Gasteiger partial charge is 0.372 e. The monoisotopic (exact) mass is 179 g/mol. The van der Waals surface area contributed by atoms with E-state index < -0.39 is 0 Å². The van der Waals surface area contributed by atoms with Gasteiger partial charge in [0.25, 0.3) is 0 Å². The highest BCUT2D eigenvalue weighted by molar-refractivity contribution is 5.13. The Morgan fingerprint density at radius 2 is 2.08 bits per heavy atom. The van der Waals surface area contributed by atoms with Gasteiger partial charge in [-0.15, -0.1) is 0 Å². The van der Waals surface area contributed by atoms with Crippen LogP contribution in [0.4, 0.5) is 0 Å².